The van der Waals surface area contributed by atoms with Gasteiger partial charge in [0.25, 0.3) is 0 Å². The molecule has 9 heteroatoms. The van der Waals surface area contributed by atoms with Crippen molar-refractivity contribution in [3.05, 3.63) is 51.6 Å². The molecule has 0 atom stereocenters. The third-order valence-corrected chi connectivity index (χ3v) is 2.50. The summed E-state index contributed by atoms with van der Waals surface area (Å²) < 4.78 is 37.1. The van der Waals surface area contributed by atoms with Crippen LogP contribution >= 0.6 is 0 Å². The van der Waals surface area contributed by atoms with Crippen LogP contribution in [0.5, 0.6) is 0 Å². The largest absolute Gasteiger partial charge is 0.416 e. The molecule has 1 aromatic carbocycles. The minimum Gasteiger partial charge on any atom is -0.260 e. The highest BCUT2D eigenvalue weighted by molar-refractivity contribution is 5.80. The predicted octanol–water partition coefficient (Wildman–Crippen LogP) is 1.94. The molecule has 6 nitrogen and oxygen atoms in total. The Morgan fingerprint density at radius 1 is 1.29 bits per heavy atom. The van der Waals surface area contributed by atoms with Gasteiger partial charge in [-0.1, -0.05) is 12.1 Å². The summed E-state index contributed by atoms with van der Waals surface area (Å²) in [5, 5.41) is 9.63. The van der Waals surface area contributed by atoms with Gasteiger partial charge in [0.2, 0.25) is 0 Å². The number of alkyl halides is 3. The Morgan fingerprint density at radius 3 is 2.57 bits per heavy atom. The number of nitrogens with one attached hydrogen (secondary N) is 2. The molecule has 0 saturated carbocycles. The normalized spacial score (nSPS) is 11.8. The van der Waals surface area contributed by atoms with E-state index in [0.717, 1.165) is 12.1 Å². The van der Waals surface area contributed by atoms with Gasteiger partial charge in [-0.25, -0.2) is 9.89 Å². The molecule has 110 valence electrons. The molecule has 1 aromatic heterocycles. The SMILES string of the molecule is Cc1n[nH]c(=O)nc1N/N=C/c1ccc(C(F)(F)F)cc1. The van der Waals surface area contributed by atoms with Gasteiger partial charge in [0.15, 0.2) is 5.82 Å². The maximum Gasteiger partial charge on any atom is 0.416 e. The molecular weight excluding hydrogens is 287 g/mol. The first-order valence-electron chi connectivity index (χ1n) is 5.76. The lowest BCUT2D eigenvalue weighted by Gasteiger charge is -2.05. The van der Waals surface area contributed by atoms with Crippen molar-refractivity contribution < 1.29 is 13.2 Å². The summed E-state index contributed by atoms with van der Waals surface area (Å²) >= 11 is 0. The van der Waals surface area contributed by atoms with E-state index in [0.29, 0.717) is 11.3 Å². The molecule has 2 rings (SSSR count). The van der Waals surface area contributed by atoms with Gasteiger partial charge in [0.05, 0.1) is 11.8 Å². The van der Waals surface area contributed by atoms with Crippen molar-refractivity contribution >= 4 is 12.0 Å². The van der Waals surface area contributed by atoms with Crippen LogP contribution in [0.15, 0.2) is 34.2 Å². The molecule has 0 fully saturated rings. The zero-order chi connectivity index (χ0) is 15.5. The number of hydrogen-bond donors (Lipinski definition) is 2. The Kier molecular flexibility index (Phi) is 4.01. The van der Waals surface area contributed by atoms with Crippen LogP contribution in [-0.2, 0) is 6.18 Å². The van der Waals surface area contributed by atoms with E-state index in [1.165, 1.54) is 18.3 Å². The number of hydrazone groups is 1. The van der Waals surface area contributed by atoms with Gasteiger partial charge in [-0.05, 0) is 24.6 Å². The number of benzene rings is 1. The van der Waals surface area contributed by atoms with E-state index in [1.807, 2.05) is 0 Å². The van der Waals surface area contributed by atoms with Crippen molar-refractivity contribution in [2.75, 3.05) is 5.43 Å². The maximum absolute atomic E-state index is 12.4. The number of nitrogens with zero attached hydrogens (tertiary/aromatic N) is 3. The van der Waals surface area contributed by atoms with Crippen LogP contribution in [0.4, 0.5) is 19.0 Å². The molecule has 0 amide bonds. The molecule has 21 heavy (non-hydrogen) atoms. The third kappa shape index (κ3) is 3.88. The van der Waals surface area contributed by atoms with E-state index >= 15 is 0 Å². The average Bonchev–Trinajstić information content (AvgIpc) is 2.42. The lowest BCUT2D eigenvalue weighted by atomic mass is 10.1. The lowest BCUT2D eigenvalue weighted by Crippen LogP contribution is -2.15. The second kappa shape index (κ2) is 5.73. The zero-order valence-corrected chi connectivity index (χ0v) is 10.8. The number of halogens is 3. The summed E-state index contributed by atoms with van der Waals surface area (Å²) in [5.74, 6) is 0.168. The summed E-state index contributed by atoms with van der Waals surface area (Å²) in [6.45, 7) is 1.61. The molecule has 2 N–H and O–H groups in total. The molecular formula is C12H10F3N5O. The number of anilines is 1. The highest BCUT2D eigenvalue weighted by atomic mass is 19.4. The van der Waals surface area contributed by atoms with Gasteiger partial charge >= 0.3 is 11.9 Å². The molecule has 0 spiro atoms. The van der Waals surface area contributed by atoms with Gasteiger partial charge in [-0.15, -0.1) is 0 Å². The van der Waals surface area contributed by atoms with Crippen LogP contribution in [0.1, 0.15) is 16.8 Å². The molecule has 0 saturated heterocycles. The van der Waals surface area contributed by atoms with Crippen molar-refractivity contribution in [3.8, 4) is 0 Å². The van der Waals surface area contributed by atoms with Crippen molar-refractivity contribution in [2.45, 2.75) is 13.1 Å². The van der Waals surface area contributed by atoms with E-state index in [9.17, 15) is 18.0 Å². The molecule has 0 aliphatic rings. The first-order chi connectivity index (χ1) is 9.86. The molecule has 0 radical (unpaired) electrons. The second-order valence-electron chi connectivity index (χ2n) is 4.06. The molecule has 1 heterocycles. The standard InChI is InChI=1S/C12H10F3N5O/c1-7-10(17-11(21)20-18-7)19-16-6-8-2-4-9(5-3-8)12(13,14)15/h2-6H,1H3,(H2,17,19,20,21)/b16-6+. The summed E-state index contributed by atoms with van der Waals surface area (Å²) in [5.41, 5.74) is 2.03. The number of H-pyrrole nitrogens is 1. The van der Waals surface area contributed by atoms with Crippen molar-refractivity contribution in [1.82, 2.24) is 15.2 Å². The first kappa shape index (κ1) is 14.7. The van der Waals surface area contributed by atoms with Crippen LogP contribution in [0.2, 0.25) is 0 Å². The Labute approximate surface area is 116 Å². The summed E-state index contributed by atoms with van der Waals surface area (Å²) in [4.78, 5) is 14.6. The van der Waals surface area contributed by atoms with Crippen molar-refractivity contribution in [2.24, 2.45) is 5.10 Å². The Hall–Kier alpha value is -2.71. The number of aromatic amines is 1. The summed E-state index contributed by atoms with van der Waals surface area (Å²) in [6, 6.07) is 4.48. The van der Waals surface area contributed by atoms with Crippen LogP contribution in [0.25, 0.3) is 0 Å². The van der Waals surface area contributed by atoms with E-state index in [1.54, 1.807) is 6.92 Å². The van der Waals surface area contributed by atoms with E-state index in [-0.39, 0.29) is 5.82 Å². The fourth-order valence-corrected chi connectivity index (χ4v) is 1.42. The second-order valence-corrected chi connectivity index (χ2v) is 4.06. The van der Waals surface area contributed by atoms with Crippen LogP contribution in [-0.4, -0.2) is 21.4 Å². The fourth-order valence-electron chi connectivity index (χ4n) is 1.42. The summed E-state index contributed by atoms with van der Waals surface area (Å²) in [7, 11) is 0. The topological polar surface area (TPSA) is 83.0 Å². The van der Waals surface area contributed by atoms with Gasteiger partial charge in [0, 0.05) is 0 Å². The molecule has 0 bridgehead atoms. The van der Waals surface area contributed by atoms with Gasteiger partial charge in [-0.2, -0.15) is 28.4 Å². The molecule has 0 unspecified atom stereocenters. The molecule has 2 aromatic rings. The average molecular weight is 297 g/mol. The molecule has 0 aliphatic heterocycles. The quantitative estimate of drug-likeness (QED) is 0.670. The third-order valence-electron chi connectivity index (χ3n) is 2.50. The van der Waals surface area contributed by atoms with E-state index < -0.39 is 17.4 Å². The van der Waals surface area contributed by atoms with Gasteiger partial charge < -0.3 is 0 Å². The maximum atomic E-state index is 12.4. The van der Waals surface area contributed by atoms with Crippen LogP contribution in [0.3, 0.4) is 0 Å². The Bertz CT molecular complexity index is 706. The van der Waals surface area contributed by atoms with Gasteiger partial charge in [0.1, 0.15) is 5.69 Å². The van der Waals surface area contributed by atoms with Crippen LogP contribution < -0.4 is 11.1 Å². The van der Waals surface area contributed by atoms with E-state index in [2.05, 4.69) is 25.7 Å². The Balaban J connectivity index is 2.08. The smallest absolute Gasteiger partial charge is 0.260 e. The number of aromatic nitrogens is 3. The Morgan fingerprint density at radius 2 is 1.95 bits per heavy atom. The highest BCUT2D eigenvalue weighted by Crippen LogP contribution is 2.28. The minimum absolute atomic E-state index is 0.168. The lowest BCUT2D eigenvalue weighted by molar-refractivity contribution is -0.137. The van der Waals surface area contributed by atoms with E-state index in [4.69, 9.17) is 0 Å². The van der Waals surface area contributed by atoms with Gasteiger partial charge in [-0.3, -0.25) is 5.43 Å². The zero-order valence-electron chi connectivity index (χ0n) is 10.8. The summed E-state index contributed by atoms with van der Waals surface area (Å²) in [6.07, 6.45) is -3.06. The minimum atomic E-state index is -4.37. The predicted molar refractivity (Wildman–Crippen MR) is 70.1 cm³/mol. The fraction of sp³-hybridized carbons (Fsp3) is 0.167. The molecule has 0 aliphatic carbocycles. The highest BCUT2D eigenvalue weighted by Gasteiger charge is 2.29. The van der Waals surface area contributed by atoms with Crippen molar-refractivity contribution in [1.29, 1.82) is 0 Å². The van der Waals surface area contributed by atoms with Crippen molar-refractivity contribution in [3.63, 3.8) is 0 Å². The van der Waals surface area contributed by atoms with Crippen LogP contribution in [0, 0.1) is 6.92 Å². The number of aryl methyl sites for hydroxylation is 1. The monoisotopic (exact) mass is 297 g/mol. The first-order valence-corrected chi connectivity index (χ1v) is 5.76. The number of rotatable bonds is 3. The number of hydrogen-bond acceptors (Lipinski definition) is 5.